The minimum absolute atomic E-state index is 0.333. The molecular weight excluding hydrogens is 194 g/mol. The molecule has 0 aromatic carbocycles. The second-order valence-electron chi connectivity index (χ2n) is 3.00. The van der Waals surface area contributed by atoms with Crippen molar-refractivity contribution in [1.82, 2.24) is 4.31 Å². The van der Waals surface area contributed by atoms with E-state index < -0.39 is 10.0 Å². The fourth-order valence-corrected chi connectivity index (χ4v) is 3.12. The largest absolute Gasteiger partial charge is 0.214 e. The molecule has 72 valence electrons. The van der Waals surface area contributed by atoms with Crippen LogP contribution in [0.4, 0.5) is 0 Å². The first-order chi connectivity index (χ1) is 5.67. The Morgan fingerprint density at radius 1 is 1.33 bits per heavy atom. The van der Waals surface area contributed by atoms with Crippen molar-refractivity contribution in [2.45, 2.75) is 19.3 Å². The van der Waals surface area contributed by atoms with Crippen LogP contribution in [0.25, 0.3) is 0 Å². The second-order valence-corrected chi connectivity index (χ2v) is 5.54. The van der Waals surface area contributed by atoms with E-state index in [-0.39, 0.29) is 0 Å². The number of thiol groups is 1. The van der Waals surface area contributed by atoms with Gasteiger partial charge >= 0.3 is 0 Å². The van der Waals surface area contributed by atoms with E-state index in [9.17, 15) is 8.42 Å². The van der Waals surface area contributed by atoms with Crippen LogP contribution in [0.1, 0.15) is 19.3 Å². The van der Waals surface area contributed by atoms with Gasteiger partial charge in [-0.05, 0) is 25.0 Å². The molecular formula is C7H15NO2S2. The number of nitrogens with zero attached hydrogens (tertiary/aromatic N) is 1. The molecule has 0 radical (unpaired) electrons. The summed E-state index contributed by atoms with van der Waals surface area (Å²) in [5.74, 6) is 1.09. The van der Waals surface area contributed by atoms with Crippen LogP contribution < -0.4 is 0 Å². The molecule has 1 heterocycles. The fourth-order valence-electron chi connectivity index (χ4n) is 1.34. The fraction of sp³-hybridized carbons (Fsp3) is 1.00. The highest BCUT2D eigenvalue weighted by Gasteiger charge is 2.24. The van der Waals surface area contributed by atoms with Crippen molar-refractivity contribution in [2.75, 3.05) is 24.6 Å². The first-order valence-electron chi connectivity index (χ1n) is 4.25. The Labute approximate surface area is 79.6 Å². The number of hydrogen-bond donors (Lipinski definition) is 1. The van der Waals surface area contributed by atoms with Crippen LogP contribution in [-0.4, -0.2) is 37.3 Å². The van der Waals surface area contributed by atoms with Crippen molar-refractivity contribution in [2.24, 2.45) is 0 Å². The number of rotatable bonds is 3. The average molecular weight is 209 g/mol. The lowest BCUT2D eigenvalue weighted by Gasteiger charge is -2.25. The van der Waals surface area contributed by atoms with Gasteiger partial charge in [-0.3, -0.25) is 0 Å². The predicted octanol–water partition coefficient (Wildman–Crippen LogP) is 0.732. The van der Waals surface area contributed by atoms with Crippen LogP contribution in [0.15, 0.2) is 0 Å². The minimum Gasteiger partial charge on any atom is -0.212 e. The Balaban J connectivity index is 2.49. The maximum absolute atomic E-state index is 11.4. The average Bonchev–Trinajstić information content (AvgIpc) is 2.02. The van der Waals surface area contributed by atoms with Crippen molar-refractivity contribution in [1.29, 1.82) is 0 Å². The van der Waals surface area contributed by atoms with E-state index in [2.05, 4.69) is 12.6 Å². The van der Waals surface area contributed by atoms with Crippen LogP contribution >= 0.6 is 12.6 Å². The van der Waals surface area contributed by atoms with Crippen molar-refractivity contribution in [3.8, 4) is 0 Å². The van der Waals surface area contributed by atoms with E-state index in [0.29, 0.717) is 18.8 Å². The van der Waals surface area contributed by atoms with E-state index in [1.54, 1.807) is 4.31 Å². The summed E-state index contributed by atoms with van der Waals surface area (Å²) in [6.45, 7) is 1.35. The van der Waals surface area contributed by atoms with Gasteiger partial charge in [0.05, 0.1) is 5.75 Å². The van der Waals surface area contributed by atoms with Gasteiger partial charge in [-0.1, -0.05) is 0 Å². The van der Waals surface area contributed by atoms with Gasteiger partial charge in [0.25, 0.3) is 0 Å². The topological polar surface area (TPSA) is 37.4 Å². The summed E-state index contributed by atoms with van der Waals surface area (Å²) < 4.78 is 24.4. The first-order valence-corrected chi connectivity index (χ1v) is 6.49. The lowest BCUT2D eigenvalue weighted by atomic mass is 10.3. The van der Waals surface area contributed by atoms with E-state index in [1.807, 2.05) is 0 Å². The van der Waals surface area contributed by atoms with Crippen molar-refractivity contribution < 1.29 is 8.42 Å². The lowest BCUT2D eigenvalue weighted by Crippen LogP contribution is -2.38. The first kappa shape index (κ1) is 10.3. The minimum atomic E-state index is -2.90. The molecule has 12 heavy (non-hydrogen) atoms. The van der Waals surface area contributed by atoms with E-state index in [0.717, 1.165) is 25.0 Å². The van der Waals surface area contributed by atoms with Crippen LogP contribution in [-0.2, 0) is 10.0 Å². The molecule has 3 nitrogen and oxygen atoms in total. The molecule has 0 spiro atoms. The highest BCUT2D eigenvalue weighted by atomic mass is 32.2. The van der Waals surface area contributed by atoms with Crippen molar-refractivity contribution in [3.05, 3.63) is 0 Å². The van der Waals surface area contributed by atoms with Gasteiger partial charge in [-0.2, -0.15) is 12.6 Å². The predicted molar refractivity (Wildman–Crippen MR) is 53.1 cm³/mol. The van der Waals surface area contributed by atoms with Crippen LogP contribution in [0.5, 0.6) is 0 Å². The highest BCUT2D eigenvalue weighted by molar-refractivity contribution is 7.89. The maximum atomic E-state index is 11.4. The summed E-state index contributed by atoms with van der Waals surface area (Å²) in [6, 6.07) is 0. The summed E-state index contributed by atoms with van der Waals surface area (Å²) in [5, 5.41) is 0. The Hall–Kier alpha value is 0.260. The van der Waals surface area contributed by atoms with E-state index >= 15 is 0 Å². The third kappa shape index (κ3) is 2.64. The lowest BCUT2D eigenvalue weighted by molar-refractivity contribution is 0.384. The zero-order valence-corrected chi connectivity index (χ0v) is 8.78. The normalized spacial score (nSPS) is 24.1. The van der Waals surface area contributed by atoms with Gasteiger partial charge < -0.3 is 0 Å². The third-order valence-electron chi connectivity index (χ3n) is 2.02. The molecule has 0 aromatic rings. The van der Waals surface area contributed by atoms with Crippen molar-refractivity contribution in [3.63, 3.8) is 0 Å². The van der Waals surface area contributed by atoms with Gasteiger partial charge in [-0.15, -0.1) is 0 Å². The molecule has 1 fully saturated rings. The third-order valence-corrected chi connectivity index (χ3v) is 4.29. The molecule has 1 saturated heterocycles. The van der Waals surface area contributed by atoms with Gasteiger partial charge in [0.1, 0.15) is 0 Å². The van der Waals surface area contributed by atoms with Gasteiger partial charge in [0.2, 0.25) is 10.0 Å². The van der Waals surface area contributed by atoms with Gasteiger partial charge in [0.15, 0.2) is 0 Å². The highest BCUT2D eigenvalue weighted by Crippen LogP contribution is 2.13. The van der Waals surface area contributed by atoms with Crippen molar-refractivity contribution >= 4 is 22.7 Å². The number of hydrogen-bond acceptors (Lipinski definition) is 3. The Bertz CT molecular complexity index is 226. The summed E-state index contributed by atoms with van der Waals surface area (Å²) >= 11 is 4.06. The van der Waals surface area contributed by atoms with Crippen LogP contribution in [0, 0.1) is 0 Å². The van der Waals surface area contributed by atoms with Gasteiger partial charge in [-0.25, -0.2) is 12.7 Å². The molecule has 1 aliphatic heterocycles. The monoisotopic (exact) mass is 209 g/mol. The Morgan fingerprint density at radius 2 is 2.08 bits per heavy atom. The smallest absolute Gasteiger partial charge is 0.212 e. The SMILES string of the molecule is O=S1(=O)CCCCN1CCCS. The molecule has 0 N–H and O–H groups in total. The molecule has 1 aliphatic rings. The maximum Gasteiger partial charge on any atom is 0.214 e. The molecule has 0 aliphatic carbocycles. The Morgan fingerprint density at radius 3 is 2.67 bits per heavy atom. The quantitative estimate of drug-likeness (QED) is 0.696. The summed E-state index contributed by atoms with van der Waals surface area (Å²) in [7, 11) is -2.90. The number of sulfonamides is 1. The van der Waals surface area contributed by atoms with Crippen LogP contribution in [0.3, 0.4) is 0 Å². The summed E-state index contributed by atoms with van der Waals surface area (Å²) in [4.78, 5) is 0. The van der Waals surface area contributed by atoms with E-state index in [4.69, 9.17) is 0 Å². The molecule has 0 amide bonds. The molecule has 0 unspecified atom stereocenters. The van der Waals surface area contributed by atoms with Crippen LogP contribution in [0.2, 0.25) is 0 Å². The molecule has 0 atom stereocenters. The van der Waals surface area contributed by atoms with Gasteiger partial charge in [0, 0.05) is 13.1 Å². The summed E-state index contributed by atoms with van der Waals surface area (Å²) in [5.41, 5.74) is 0. The molecule has 0 aromatic heterocycles. The zero-order valence-electron chi connectivity index (χ0n) is 7.07. The van der Waals surface area contributed by atoms with E-state index in [1.165, 1.54) is 0 Å². The molecule has 1 rings (SSSR count). The Kier molecular flexibility index (Phi) is 3.86. The second kappa shape index (κ2) is 4.48. The molecule has 5 heteroatoms. The molecule has 0 saturated carbocycles. The summed E-state index contributed by atoms with van der Waals surface area (Å²) in [6.07, 6.45) is 2.67. The molecule has 0 bridgehead atoms. The standard InChI is InChI=1S/C7H15NO2S2/c9-12(10)7-2-1-4-8(12)5-3-6-11/h11H,1-7H2. The zero-order chi connectivity index (χ0) is 9.03.